The van der Waals surface area contributed by atoms with Crippen molar-refractivity contribution in [1.82, 2.24) is 4.90 Å². The number of carbonyl (C=O) groups excluding carboxylic acids is 1. The summed E-state index contributed by atoms with van der Waals surface area (Å²) in [6.45, 7) is 10.8. The van der Waals surface area contributed by atoms with E-state index in [9.17, 15) is 9.90 Å². The number of piperidine rings is 1. The van der Waals surface area contributed by atoms with Gasteiger partial charge in [-0.3, -0.25) is 0 Å². The third-order valence-electron chi connectivity index (χ3n) is 4.02. The summed E-state index contributed by atoms with van der Waals surface area (Å²) in [5.41, 5.74) is -0.686. The molecule has 0 aromatic rings. The minimum absolute atomic E-state index is 0.0840. The molecule has 1 rings (SSSR count). The van der Waals surface area contributed by atoms with Gasteiger partial charge >= 0.3 is 6.09 Å². The average Bonchev–Trinajstić information content (AvgIpc) is 2.35. The van der Waals surface area contributed by atoms with Gasteiger partial charge in [-0.1, -0.05) is 0 Å². The Labute approximate surface area is 128 Å². The molecule has 5 nitrogen and oxygen atoms in total. The van der Waals surface area contributed by atoms with Crippen LogP contribution in [0.25, 0.3) is 0 Å². The first-order valence-electron chi connectivity index (χ1n) is 7.75. The fourth-order valence-electron chi connectivity index (χ4n) is 2.43. The van der Waals surface area contributed by atoms with Gasteiger partial charge in [0.2, 0.25) is 0 Å². The molecule has 0 saturated carbocycles. The van der Waals surface area contributed by atoms with Crippen molar-refractivity contribution in [3.63, 3.8) is 0 Å². The van der Waals surface area contributed by atoms with E-state index < -0.39 is 5.60 Å². The van der Waals surface area contributed by atoms with Crippen molar-refractivity contribution in [2.24, 2.45) is 5.92 Å². The van der Waals surface area contributed by atoms with Gasteiger partial charge in [0.15, 0.2) is 0 Å². The van der Waals surface area contributed by atoms with E-state index in [0.29, 0.717) is 19.5 Å². The number of carbonyl (C=O) groups is 1. The molecule has 0 bridgehead atoms. The Balaban J connectivity index is 2.56. The van der Waals surface area contributed by atoms with Crippen LogP contribution in [-0.4, -0.2) is 53.6 Å². The van der Waals surface area contributed by atoms with E-state index in [1.165, 1.54) is 0 Å². The number of ether oxygens (including phenoxy) is 2. The maximum atomic E-state index is 12.1. The standard InChI is InChI=1S/C16H31NO4/c1-15(2,3)21-14(19)17-10-8-13(18)12(11-17)7-9-16(4,5)20-6/h12-13,18H,7-11H2,1-6H3. The van der Waals surface area contributed by atoms with Crippen molar-refractivity contribution in [3.8, 4) is 0 Å². The quantitative estimate of drug-likeness (QED) is 0.867. The zero-order valence-electron chi connectivity index (χ0n) is 14.3. The lowest BCUT2D eigenvalue weighted by molar-refractivity contribution is -0.0244. The van der Waals surface area contributed by atoms with Gasteiger partial charge in [-0.15, -0.1) is 0 Å². The SMILES string of the molecule is COC(C)(C)CCC1CN(C(=O)OC(C)(C)C)CCC1O. The van der Waals surface area contributed by atoms with Crippen molar-refractivity contribution in [2.75, 3.05) is 20.2 Å². The fraction of sp³-hybridized carbons (Fsp3) is 0.938. The van der Waals surface area contributed by atoms with Crippen molar-refractivity contribution in [3.05, 3.63) is 0 Å². The maximum absolute atomic E-state index is 12.1. The highest BCUT2D eigenvalue weighted by molar-refractivity contribution is 5.68. The molecular formula is C16H31NO4. The monoisotopic (exact) mass is 301 g/mol. The van der Waals surface area contributed by atoms with Gasteiger partial charge in [0.1, 0.15) is 5.60 Å². The highest BCUT2D eigenvalue weighted by atomic mass is 16.6. The van der Waals surface area contributed by atoms with Gasteiger partial charge in [0.05, 0.1) is 11.7 Å². The summed E-state index contributed by atoms with van der Waals surface area (Å²) in [6.07, 6.45) is 1.66. The van der Waals surface area contributed by atoms with E-state index in [1.54, 1.807) is 12.0 Å². The summed E-state index contributed by atoms with van der Waals surface area (Å²) < 4.78 is 10.8. The zero-order valence-corrected chi connectivity index (χ0v) is 14.3. The second-order valence-corrected chi connectivity index (χ2v) is 7.54. The summed E-state index contributed by atoms with van der Waals surface area (Å²) >= 11 is 0. The smallest absolute Gasteiger partial charge is 0.410 e. The number of nitrogens with zero attached hydrogens (tertiary/aromatic N) is 1. The molecule has 124 valence electrons. The van der Waals surface area contributed by atoms with Crippen LogP contribution in [0.2, 0.25) is 0 Å². The van der Waals surface area contributed by atoms with Gasteiger partial charge in [0, 0.05) is 26.1 Å². The minimum Gasteiger partial charge on any atom is -0.444 e. The van der Waals surface area contributed by atoms with Gasteiger partial charge in [-0.2, -0.15) is 0 Å². The molecule has 2 unspecified atom stereocenters. The molecule has 0 aromatic heterocycles. The molecule has 1 amide bonds. The molecule has 5 heteroatoms. The third-order valence-corrected chi connectivity index (χ3v) is 4.02. The molecule has 1 N–H and O–H groups in total. The van der Waals surface area contributed by atoms with Crippen LogP contribution in [0.3, 0.4) is 0 Å². The van der Waals surface area contributed by atoms with Crippen LogP contribution in [0, 0.1) is 5.92 Å². The van der Waals surface area contributed by atoms with Gasteiger partial charge in [0.25, 0.3) is 0 Å². The number of likely N-dealkylation sites (tertiary alicyclic amines) is 1. The van der Waals surface area contributed by atoms with Gasteiger partial charge in [-0.05, 0) is 53.9 Å². The second-order valence-electron chi connectivity index (χ2n) is 7.54. The van der Waals surface area contributed by atoms with E-state index in [2.05, 4.69) is 0 Å². The Hall–Kier alpha value is -0.810. The molecule has 0 aliphatic carbocycles. The van der Waals surface area contributed by atoms with Crippen LogP contribution in [0.4, 0.5) is 4.79 Å². The largest absolute Gasteiger partial charge is 0.444 e. The van der Waals surface area contributed by atoms with E-state index in [0.717, 1.165) is 12.8 Å². The maximum Gasteiger partial charge on any atom is 0.410 e. The highest BCUT2D eigenvalue weighted by Gasteiger charge is 2.33. The highest BCUT2D eigenvalue weighted by Crippen LogP contribution is 2.27. The van der Waals surface area contributed by atoms with Crippen molar-refractivity contribution < 1.29 is 19.4 Å². The van der Waals surface area contributed by atoms with E-state index in [-0.39, 0.29) is 23.7 Å². The summed E-state index contributed by atoms with van der Waals surface area (Å²) in [5.74, 6) is 0.0840. The predicted octanol–water partition coefficient (Wildman–Crippen LogP) is 2.81. The van der Waals surface area contributed by atoms with Gasteiger partial charge in [-0.25, -0.2) is 4.79 Å². The summed E-state index contributed by atoms with van der Waals surface area (Å²) in [5, 5.41) is 10.2. The Morgan fingerprint density at radius 3 is 2.43 bits per heavy atom. The average molecular weight is 301 g/mol. The molecule has 0 spiro atoms. The number of hydrogen-bond donors (Lipinski definition) is 1. The number of hydrogen-bond acceptors (Lipinski definition) is 4. The lowest BCUT2D eigenvalue weighted by Gasteiger charge is -2.38. The molecule has 2 atom stereocenters. The van der Waals surface area contributed by atoms with Crippen molar-refractivity contribution >= 4 is 6.09 Å². The van der Waals surface area contributed by atoms with E-state index in [4.69, 9.17) is 9.47 Å². The molecule has 0 aromatic carbocycles. The lowest BCUT2D eigenvalue weighted by atomic mass is 9.87. The fourth-order valence-corrected chi connectivity index (χ4v) is 2.43. The van der Waals surface area contributed by atoms with Crippen LogP contribution in [0.15, 0.2) is 0 Å². The number of aliphatic hydroxyl groups excluding tert-OH is 1. The lowest BCUT2D eigenvalue weighted by Crippen LogP contribution is -2.48. The molecule has 1 heterocycles. The first-order valence-corrected chi connectivity index (χ1v) is 7.75. The molecule has 0 radical (unpaired) electrons. The first-order chi connectivity index (χ1) is 9.54. The number of aliphatic hydroxyl groups is 1. The van der Waals surface area contributed by atoms with E-state index in [1.807, 2.05) is 34.6 Å². The molecule has 1 aliphatic heterocycles. The molecular weight excluding hydrogens is 270 g/mol. The molecule has 1 fully saturated rings. The minimum atomic E-state index is -0.485. The molecule has 21 heavy (non-hydrogen) atoms. The Morgan fingerprint density at radius 2 is 1.90 bits per heavy atom. The zero-order chi connectivity index (χ0) is 16.3. The second kappa shape index (κ2) is 6.97. The Bertz CT molecular complexity index is 349. The summed E-state index contributed by atoms with van der Waals surface area (Å²) in [6, 6.07) is 0. The first kappa shape index (κ1) is 18.2. The van der Waals surface area contributed by atoms with Crippen LogP contribution in [0.1, 0.15) is 53.9 Å². The summed E-state index contributed by atoms with van der Waals surface area (Å²) in [4.78, 5) is 13.8. The van der Waals surface area contributed by atoms with Crippen molar-refractivity contribution in [2.45, 2.75) is 71.2 Å². The Kier molecular flexibility index (Phi) is 6.05. The van der Waals surface area contributed by atoms with E-state index >= 15 is 0 Å². The molecule has 1 saturated heterocycles. The third kappa shape index (κ3) is 6.22. The topological polar surface area (TPSA) is 59.0 Å². The molecule has 1 aliphatic rings. The number of amides is 1. The summed E-state index contributed by atoms with van der Waals surface area (Å²) in [7, 11) is 1.70. The van der Waals surface area contributed by atoms with Crippen LogP contribution in [0.5, 0.6) is 0 Å². The van der Waals surface area contributed by atoms with Gasteiger partial charge < -0.3 is 19.5 Å². The normalized spacial score (nSPS) is 24.0. The van der Waals surface area contributed by atoms with Crippen LogP contribution < -0.4 is 0 Å². The van der Waals surface area contributed by atoms with Crippen LogP contribution >= 0.6 is 0 Å². The van der Waals surface area contributed by atoms with Crippen LogP contribution in [-0.2, 0) is 9.47 Å². The number of rotatable bonds is 4. The Morgan fingerprint density at radius 1 is 1.29 bits per heavy atom. The number of methoxy groups -OCH3 is 1. The predicted molar refractivity (Wildman–Crippen MR) is 82.2 cm³/mol. The van der Waals surface area contributed by atoms with Crippen molar-refractivity contribution in [1.29, 1.82) is 0 Å².